The normalized spacial score (nSPS) is 10.8. The summed E-state index contributed by atoms with van der Waals surface area (Å²) in [6, 6.07) is 0. The number of fused-ring (bicyclic) bond motifs is 1. The molecule has 0 aliphatic rings. The second kappa shape index (κ2) is 10.2. The number of nitrogens with zero attached hydrogens (tertiary/aromatic N) is 2. The summed E-state index contributed by atoms with van der Waals surface area (Å²) in [5.74, 6) is 0. The van der Waals surface area contributed by atoms with E-state index in [4.69, 9.17) is 5.16 Å². The third-order valence-corrected chi connectivity index (χ3v) is 5.11. The Morgan fingerprint density at radius 3 is 2.09 bits per heavy atom. The van der Waals surface area contributed by atoms with E-state index in [1.165, 1.54) is 38.6 Å². The van der Waals surface area contributed by atoms with E-state index in [1.807, 2.05) is 12.4 Å². The molecule has 1 atom stereocenters. The fraction of sp³-hybridized carbons (Fsp3) is 0.375. The van der Waals surface area contributed by atoms with Crippen LogP contribution in [0.2, 0.25) is 0 Å². The second-order valence-corrected chi connectivity index (χ2v) is 6.12. The van der Waals surface area contributed by atoms with Crippen molar-refractivity contribution in [3.05, 3.63) is 40.2 Å². The number of aryl methyl sites for hydroxylation is 3. The molecule has 0 aliphatic heterocycles. The van der Waals surface area contributed by atoms with Crippen LogP contribution < -0.4 is 5.09 Å². The number of aliphatic imine (C=N–C) groups is 1. The van der Waals surface area contributed by atoms with Gasteiger partial charge in [0.1, 0.15) is 0 Å². The van der Waals surface area contributed by atoms with Gasteiger partial charge in [-0.1, -0.05) is 0 Å². The minimum absolute atomic E-state index is 0. The molecule has 2 aromatic rings. The Labute approximate surface area is 154 Å². The van der Waals surface area contributed by atoms with E-state index >= 15 is 0 Å². The van der Waals surface area contributed by atoms with Gasteiger partial charge in [0.2, 0.25) is 0 Å². The van der Waals surface area contributed by atoms with Crippen LogP contribution in [0.4, 0.5) is 0 Å². The van der Waals surface area contributed by atoms with Crippen LogP contribution in [0.3, 0.4) is 0 Å². The third-order valence-electron chi connectivity index (χ3n) is 4.05. The van der Waals surface area contributed by atoms with E-state index in [-0.39, 0.29) is 18.6 Å². The molecule has 0 saturated heterocycles. The number of aromatic nitrogens is 1. The average Bonchev–Trinajstić information content (AvgIpc) is 2.53. The molecular formula is C16H24N4P2V. The molecule has 1 aromatic heterocycles. The average molecular weight is 385 g/mol. The molecule has 0 fully saturated rings. The van der Waals surface area contributed by atoms with Gasteiger partial charge in [-0.3, -0.25) is 15.1 Å². The quantitative estimate of drug-likeness (QED) is 0.419. The van der Waals surface area contributed by atoms with Crippen molar-refractivity contribution in [1.82, 2.24) is 10.1 Å². The molecule has 2 rings (SSSR count). The second-order valence-electron chi connectivity index (χ2n) is 5.18. The molecule has 1 radical (unpaired) electrons. The van der Waals surface area contributed by atoms with Crippen molar-refractivity contribution in [3.8, 4) is 0 Å². The Hall–Kier alpha value is -0.786. The topological polar surface area (TPSA) is 61.1 Å². The SMILES string of the molecule is CN=C(NP)P=N.Cc1c(C)c(C)c2c(C)cncc2c1C.[V]. The van der Waals surface area contributed by atoms with Gasteiger partial charge in [-0.25, -0.2) is 0 Å². The molecular weight excluding hydrogens is 361 g/mol. The van der Waals surface area contributed by atoms with Crippen LogP contribution >= 0.6 is 17.8 Å². The van der Waals surface area contributed by atoms with Crippen LogP contribution in [0.15, 0.2) is 17.4 Å². The monoisotopic (exact) mass is 385 g/mol. The zero-order valence-corrected chi connectivity index (χ0v) is 18.0. The fourth-order valence-electron chi connectivity index (χ4n) is 2.45. The minimum atomic E-state index is 0. The van der Waals surface area contributed by atoms with Crippen molar-refractivity contribution in [1.29, 1.82) is 5.16 Å². The predicted octanol–water partition coefficient (Wildman–Crippen LogP) is 4.83. The summed E-state index contributed by atoms with van der Waals surface area (Å²) in [6.07, 6.45) is 3.93. The Morgan fingerprint density at radius 2 is 1.65 bits per heavy atom. The summed E-state index contributed by atoms with van der Waals surface area (Å²) >= 11 is 0. The summed E-state index contributed by atoms with van der Waals surface area (Å²) in [5.41, 5.74) is 7.50. The van der Waals surface area contributed by atoms with Crippen molar-refractivity contribution in [2.45, 2.75) is 34.6 Å². The number of benzene rings is 1. The van der Waals surface area contributed by atoms with E-state index in [0.29, 0.717) is 13.9 Å². The number of rotatable bonds is 1. The first-order valence-electron chi connectivity index (χ1n) is 7.00. The minimum Gasteiger partial charge on any atom is -0.350 e. The van der Waals surface area contributed by atoms with Gasteiger partial charge in [-0.15, -0.1) is 0 Å². The zero-order chi connectivity index (χ0) is 16.9. The van der Waals surface area contributed by atoms with Crippen molar-refractivity contribution < 1.29 is 18.6 Å². The zero-order valence-electron chi connectivity index (χ0n) is 14.5. The van der Waals surface area contributed by atoms with Crippen molar-refractivity contribution in [2.24, 2.45) is 4.99 Å². The molecule has 23 heavy (non-hydrogen) atoms. The van der Waals surface area contributed by atoms with Crippen LogP contribution in [0.1, 0.15) is 27.8 Å². The molecule has 2 N–H and O–H groups in total. The molecule has 0 bridgehead atoms. The maximum Gasteiger partial charge on any atom is 0.170 e. The van der Waals surface area contributed by atoms with Crippen LogP contribution in [0, 0.1) is 39.8 Å². The van der Waals surface area contributed by atoms with Crippen LogP contribution in [0.5, 0.6) is 0 Å². The summed E-state index contributed by atoms with van der Waals surface area (Å²) in [5, 5.41) is 12.1. The van der Waals surface area contributed by atoms with E-state index < -0.39 is 0 Å². The summed E-state index contributed by atoms with van der Waals surface area (Å²) in [6.45, 7) is 10.9. The van der Waals surface area contributed by atoms with E-state index in [2.05, 4.69) is 59.1 Å². The van der Waals surface area contributed by atoms with Crippen LogP contribution in [0.25, 0.3) is 10.8 Å². The van der Waals surface area contributed by atoms with E-state index in [1.54, 1.807) is 7.05 Å². The predicted molar refractivity (Wildman–Crippen MR) is 101 cm³/mol. The number of hydrogen-bond donors (Lipinski definition) is 2. The fourth-order valence-corrected chi connectivity index (χ4v) is 2.93. The Morgan fingerprint density at radius 1 is 1.09 bits per heavy atom. The molecule has 4 nitrogen and oxygen atoms in total. The van der Waals surface area contributed by atoms with Gasteiger partial charge in [0, 0.05) is 43.4 Å². The summed E-state index contributed by atoms with van der Waals surface area (Å²) in [7, 11) is 4.35. The standard InChI is InChI=1S/C14H17N.C2H7N3P2.V/c1-8-6-15-7-13-11(4)9(2)10(3)12(5)14(8)13;1-4-2(5-6)7-3;/h6-7H,1-5H3;3H,6H2,1H3,(H,4,5);. The van der Waals surface area contributed by atoms with Gasteiger partial charge in [-0.2, -0.15) is 0 Å². The maximum absolute atomic E-state index is 6.73. The Kier molecular flexibility index (Phi) is 9.81. The molecule has 1 aromatic carbocycles. The maximum atomic E-state index is 6.73. The van der Waals surface area contributed by atoms with Gasteiger partial charge in [0.15, 0.2) is 5.58 Å². The van der Waals surface area contributed by atoms with Crippen LogP contribution in [-0.2, 0) is 18.6 Å². The van der Waals surface area contributed by atoms with Crippen molar-refractivity contribution in [2.75, 3.05) is 7.05 Å². The summed E-state index contributed by atoms with van der Waals surface area (Å²) in [4.78, 5) is 8.00. The van der Waals surface area contributed by atoms with E-state index in [9.17, 15) is 0 Å². The first-order valence-corrected chi connectivity index (χ1v) is 8.47. The first-order chi connectivity index (χ1) is 10.4. The molecule has 0 amide bonds. The van der Waals surface area contributed by atoms with Gasteiger partial charge in [0.25, 0.3) is 0 Å². The molecule has 123 valence electrons. The largest absolute Gasteiger partial charge is 0.350 e. The first kappa shape index (κ1) is 22.2. The number of amidine groups is 1. The van der Waals surface area contributed by atoms with Gasteiger partial charge >= 0.3 is 0 Å². The Bertz CT molecular complexity index is 730. The smallest absolute Gasteiger partial charge is 0.170 e. The number of nitrogens with one attached hydrogen (secondary N) is 2. The van der Waals surface area contributed by atoms with Gasteiger partial charge in [0.05, 0.1) is 8.37 Å². The molecule has 0 saturated carbocycles. The summed E-state index contributed by atoms with van der Waals surface area (Å²) < 4.78 is 0. The molecule has 0 aliphatic carbocycles. The van der Waals surface area contributed by atoms with Crippen molar-refractivity contribution in [3.63, 3.8) is 0 Å². The molecule has 7 heteroatoms. The third kappa shape index (κ3) is 5.09. The van der Waals surface area contributed by atoms with Crippen molar-refractivity contribution >= 4 is 34.1 Å². The van der Waals surface area contributed by atoms with Gasteiger partial charge < -0.3 is 5.09 Å². The number of pyridine rings is 1. The van der Waals surface area contributed by atoms with Gasteiger partial charge in [-0.05, 0) is 77.2 Å². The molecule has 1 heterocycles. The van der Waals surface area contributed by atoms with Crippen LogP contribution in [-0.4, -0.2) is 17.6 Å². The Balaban J connectivity index is 0.000000522. The van der Waals surface area contributed by atoms with E-state index in [0.717, 1.165) is 0 Å². The molecule has 1 unspecified atom stereocenters. The molecule has 0 spiro atoms. The number of hydrogen-bond acceptors (Lipinski definition) is 3.